The molecule has 7 heteroatoms. The molecule has 0 unspecified atom stereocenters. The van der Waals surface area contributed by atoms with Crippen LogP contribution in [-0.2, 0) is 9.84 Å². The van der Waals surface area contributed by atoms with Gasteiger partial charge in [-0.2, -0.15) is 0 Å². The summed E-state index contributed by atoms with van der Waals surface area (Å²) in [6.07, 6.45) is 3.14. The molecule has 1 aliphatic rings. The van der Waals surface area contributed by atoms with Crippen molar-refractivity contribution < 1.29 is 8.42 Å². The number of aromatic nitrogens is 1. The van der Waals surface area contributed by atoms with Gasteiger partial charge in [0, 0.05) is 40.4 Å². The molecular formula is C17H20ClIN2O2S. The minimum absolute atomic E-state index is 0.205. The summed E-state index contributed by atoms with van der Waals surface area (Å²) in [4.78, 5) is 6.52. The zero-order chi connectivity index (χ0) is 17.6. The van der Waals surface area contributed by atoms with Gasteiger partial charge in [-0.05, 0) is 51.6 Å². The summed E-state index contributed by atoms with van der Waals surface area (Å²) in [6.45, 7) is 5.87. The molecule has 0 aliphatic carbocycles. The van der Waals surface area contributed by atoms with E-state index in [-0.39, 0.29) is 11.7 Å². The van der Waals surface area contributed by atoms with Crippen LogP contribution in [0.5, 0.6) is 0 Å². The molecule has 24 heavy (non-hydrogen) atoms. The molecular weight excluding hydrogens is 459 g/mol. The van der Waals surface area contributed by atoms with E-state index in [1.165, 1.54) is 15.4 Å². The van der Waals surface area contributed by atoms with E-state index in [0.717, 1.165) is 29.5 Å². The normalized spacial score (nSPS) is 16.0. The lowest BCUT2D eigenvalue weighted by Crippen LogP contribution is -2.50. The van der Waals surface area contributed by atoms with Gasteiger partial charge in [-0.25, -0.2) is 13.4 Å². The first-order chi connectivity index (χ1) is 11.2. The number of pyridine rings is 1. The summed E-state index contributed by atoms with van der Waals surface area (Å²) >= 11 is 8.48. The molecule has 0 atom stereocenters. The summed E-state index contributed by atoms with van der Waals surface area (Å²) in [6, 6.07) is 4.14. The largest absolute Gasteiger partial charge is 0.369 e. The van der Waals surface area contributed by atoms with Gasteiger partial charge in [-0.15, -0.1) is 0 Å². The van der Waals surface area contributed by atoms with Gasteiger partial charge in [0.25, 0.3) is 0 Å². The van der Waals surface area contributed by atoms with Gasteiger partial charge in [-0.1, -0.05) is 25.4 Å². The third-order valence-electron chi connectivity index (χ3n) is 4.38. The molecule has 0 bridgehead atoms. The Morgan fingerprint density at radius 3 is 2.58 bits per heavy atom. The van der Waals surface area contributed by atoms with Gasteiger partial charge in [-0.3, -0.25) is 0 Å². The Hall–Kier alpha value is -0.600. The Morgan fingerprint density at radius 1 is 1.33 bits per heavy atom. The number of rotatable bonds is 4. The predicted octanol–water partition coefficient (Wildman–Crippen LogP) is 4.10. The van der Waals surface area contributed by atoms with E-state index in [1.807, 2.05) is 12.3 Å². The fourth-order valence-corrected chi connectivity index (χ4v) is 5.55. The van der Waals surface area contributed by atoms with E-state index >= 15 is 0 Å². The van der Waals surface area contributed by atoms with Crippen LogP contribution in [0.15, 0.2) is 18.3 Å². The zero-order valence-corrected chi connectivity index (χ0v) is 17.6. The monoisotopic (exact) mass is 478 g/mol. The highest BCUT2D eigenvalue weighted by Gasteiger charge is 2.32. The Bertz CT molecular complexity index is 893. The Labute approximate surface area is 161 Å². The highest BCUT2D eigenvalue weighted by molar-refractivity contribution is 14.1. The molecule has 0 saturated carbocycles. The van der Waals surface area contributed by atoms with Crippen LogP contribution in [0, 0.1) is 9.49 Å². The molecule has 130 valence electrons. The molecule has 2 heterocycles. The summed E-state index contributed by atoms with van der Waals surface area (Å²) in [5.41, 5.74) is 2.40. The van der Waals surface area contributed by atoms with Gasteiger partial charge < -0.3 is 4.90 Å². The molecule has 0 N–H and O–H groups in total. The zero-order valence-electron chi connectivity index (χ0n) is 13.9. The van der Waals surface area contributed by atoms with Crippen molar-refractivity contribution >= 4 is 60.5 Å². The van der Waals surface area contributed by atoms with Crippen LogP contribution in [0.2, 0.25) is 5.15 Å². The van der Waals surface area contributed by atoms with Gasteiger partial charge in [0.1, 0.15) is 15.0 Å². The van der Waals surface area contributed by atoms with Crippen LogP contribution in [0.3, 0.4) is 0 Å². The van der Waals surface area contributed by atoms with Gasteiger partial charge in [0.15, 0.2) is 0 Å². The molecule has 0 spiro atoms. The van der Waals surface area contributed by atoms with Crippen molar-refractivity contribution in [2.24, 2.45) is 5.92 Å². The average Bonchev–Trinajstić information content (AvgIpc) is 2.41. The maximum absolute atomic E-state index is 11.5. The standard InChI is InChI=1S/C17H20ClIN2O2S/c1-10(2)12-4-15(19)17(14-6-20-16(18)5-13(12)14)21-7-11(8-21)9-24(3,22)23/h4-6,10-11H,7-9H2,1-3H3. The third-order valence-corrected chi connectivity index (χ3v) is 6.48. The van der Waals surface area contributed by atoms with E-state index in [1.54, 1.807) is 0 Å². The lowest BCUT2D eigenvalue weighted by molar-refractivity contribution is 0.445. The van der Waals surface area contributed by atoms with Crippen molar-refractivity contribution in [2.75, 3.05) is 30.0 Å². The highest BCUT2D eigenvalue weighted by Crippen LogP contribution is 2.40. The van der Waals surface area contributed by atoms with Crippen LogP contribution in [0.25, 0.3) is 10.8 Å². The number of hydrogen-bond donors (Lipinski definition) is 0. The second kappa shape index (κ2) is 6.61. The fraction of sp³-hybridized carbons (Fsp3) is 0.471. The fourth-order valence-electron chi connectivity index (χ4n) is 3.35. The number of hydrogen-bond acceptors (Lipinski definition) is 4. The summed E-state index contributed by atoms with van der Waals surface area (Å²) in [5.74, 6) is 0.852. The van der Waals surface area contributed by atoms with Crippen LogP contribution < -0.4 is 4.90 Å². The maximum atomic E-state index is 11.5. The summed E-state index contributed by atoms with van der Waals surface area (Å²) in [5, 5.41) is 2.72. The maximum Gasteiger partial charge on any atom is 0.147 e. The minimum Gasteiger partial charge on any atom is -0.369 e. The lowest BCUT2D eigenvalue weighted by Gasteiger charge is -2.42. The van der Waals surface area contributed by atoms with Gasteiger partial charge in [0.2, 0.25) is 0 Å². The van der Waals surface area contributed by atoms with Crippen molar-refractivity contribution in [3.63, 3.8) is 0 Å². The third kappa shape index (κ3) is 3.65. The van der Waals surface area contributed by atoms with Crippen molar-refractivity contribution in [1.29, 1.82) is 0 Å². The van der Waals surface area contributed by atoms with E-state index in [2.05, 4.69) is 52.4 Å². The Balaban J connectivity index is 2.01. The second-order valence-corrected chi connectivity index (χ2v) is 10.6. The highest BCUT2D eigenvalue weighted by atomic mass is 127. The Morgan fingerprint density at radius 2 is 2.00 bits per heavy atom. The average molecular weight is 479 g/mol. The predicted molar refractivity (Wildman–Crippen MR) is 109 cm³/mol. The summed E-state index contributed by atoms with van der Waals surface area (Å²) < 4.78 is 24.1. The molecule has 1 fully saturated rings. The first kappa shape index (κ1) is 18.2. The van der Waals surface area contributed by atoms with Crippen LogP contribution in [-0.4, -0.2) is 38.5 Å². The lowest BCUT2D eigenvalue weighted by atomic mass is 9.94. The molecule has 1 aromatic heterocycles. The molecule has 0 amide bonds. The molecule has 1 saturated heterocycles. The molecule has 1 aliphatic heterocycles. The van der Waals surface area contributed by atoms with E-state index in [9.17, 15) is 8.42 Å². The van der Waals surface area contributed by atoms with E-state index in [4.69, 9.17) is 11.6 Å². The van der Waals surface area contributed by atoms with Crippen molar-refractivity contribution in [3.8, 4) is 0 Å². The number of sulfone groups is 1. The van der Waals surface area contributed by atoms with Gasteiger partial charge >= 0.3 is 0 Å². The van der Waals surface area contributed by atoms with Crippen LogP contribution >= 0.6 is 34.2 Å². The van der Waals surface area contributed by atoms with E-state index < -0.39 is 9.84 Å². The molecule has 3 rings (SSSR count). The molecule has 0 radical (unpaired) electrons. The smallest absolute Gasteiger partial charge is 0.147 e. The first-order valence-corrected chi connectivity index (χ1v) is 11.4. The minimum atomic E-state index is -2.92. The van der Waals surface area contributed by atoms with Crippen molar-refractivity contribution in [1.82, 2.24) is 4.98 Å². The van der Waals surface area contributed by atoms with E-state index in [0.29, 0.717) is 11.1 Å². The van der Waals surface area contributed by atoms with Crippen LogP contribution in [0.1, 0.15) is 25.3 Å². The number of nitrogens with zero attached hydrogens (tertiary/aromatic N) is 2. The molecule has 2 aromatic rings. The quantitative estimate of drug-likeness (QED) is 0.490. The van der Waals surface area contributed by atoms with Crippen molar-refractivity contribution in [2.45, 2.75) is 19.8 Å². The first-order valence-electron chi connectivity index (χ1n) is 7.86. The van der Waals surface area contributed by atoms with Gasteiger partial charge in [0.05, 0.1) is 11.4 Å². The second-order valence-electron chi connectivity index (χ2n) is 6.87. The number of benzene rings is 1. The molecule has 4 nitrogen and oxygen atoms in total. The number of halogens is 2. The summed E-state index contributed by atoms with van der Waals surface area (Å²) in [7, 11) is -2.92. The topological polar surface area (TPSA) is 50.3 Å². The SMILES string of the molecule is CC(C)c1cc(I)c(N2CC(CS(C)(=O)=O)C2)c2cnc(Cl)cc12. The number of anilines is 1. The van der Waals surface area contributed by atoms with Crippen LogP contribution in [0.4, 0.5) is 5.69 Å². The van der Waals surface area contributed by atoms with Crippen molar-refractivity contribution in [3.05, 3.63) is 32.6 Å². The molecule has 1 aromatic carbocycles. The Kier molecular flexibility index (Phi) is 5.01. The number of fused-ring (bicyclic) bond motifs is 1.